The lowest BCUT2D eigenvalue weighted by Crippen LogP contribution is -2.35. The van der Waals surface area contributed by atoms with E-state index in [0.29, 0.717) is 23.3 Å². The number of thioether (sulfide) groups is 1. The summed E-state index contributed by atoms with van der Waals surface area (Å²) in [5.74, 6) is 0. The number of sulfonamides is 1. The molecule has 4 nitrogen and oxygen atoms in total. The molecule has 2 N–H and O–H groups in total. The lowest BCUT2D eigenvalue weighted by molar-refractivity contribution is 0.572. The molecule has 0 spiro atoms. The van der Waals surface area contributed by atoms with Gasteiger partial charge in [-0.3, -0.25) is 0 Å². The number of thiophene rings is 1. The van der Waals surface area contributed by atoms with Gasteiger partial charge in [-0.1, -0.05) is 13.8 Å². The molecule has 1 aromatic rings. The molecule has 0 bridgehead atoms. The molecule has 122 valence electrons. The first-order valence-electron chi connectivity index (χ1n) is 6.95. The van der Waals surface area contributed by atoms with E-state index in [1.54, 1.807) is 17.8 Å². The van der Waals surface area contributed by atoms with Crippen molar-refractivity contribution < 1.29 is 8.42 Å². The summed E-state index contributed by atoms with van der Waals surface area (Å²) in [7, 11) is -3.42. The molecule has 1 aromatic heterocycles. The molecule has 0 saturated heterocycles. The summed E-state index contributed by atoms with van der Waals surface area (Å²) < 4.78 is 27.7. The van der Waals surface area contributed by atoms with E-state index >= 15 is 0 Å². The van der Waals surface area contributed by atoms with Crippen LogP contribution in [0.25, 0.3) is 0 Å². The van der Waals surface area contributed by atoms with Gasteiger partial charge in [0.1, 0.15) is 4.21 Å². The number of nitrogens with one attached hydrogen (secondary N) is 2. The van der Waals surface area contributed by atoms with Gasteiger partial charge in [0.05, 0.1) is 0 Å². The maximum atomic E-state index is 12.4. The van der Waals surface area contributed by atoms with Crippen LogP contribution in [0.3, 0.4) is 0 Å². The Balaban J connectivity index is 2.82. The summed E-state index contributed by atoms with van der Waals surface area (Å²) >= 11 is 3.00. The Hall–Kier alpha value is -0.0800. The Morgan fingerprint density at radius 3 is 2.52 bits per heavy atom. The van der Waals surface area contributed by atoms with Gasteiger partial charge in [-0.15, -0.1) is 11.3 Å². The van der Waals surface area contributed by atoms with E-state index in [2.05, 4.69) is 23.9 Å². The smallest absolute Gasteiger partial charge is 0.250 e. The van der Waals surface area contributed by atoms with E-state index in [4.69, 9.17) is 0 Å². The molecular weight excluding hydrogens is 324 g/mol. The molecule has 0 atom stereocenters. The van der Waals surface area contributed by atoms with Crippen molar-refractivity contribution in [3.63, 3.8) is 0 Å². The second kappa shape index (κ2) is 7.46. The van der Waals surface area contributed by atoms with Crippen LogP contribution in [0.1, 0.15) is 38.1 Å². The summed E-state index contributed by atoms with van der Waals surface area (Å²) in [6, 6.07) is 2.14. The third-order valence-corrected chi connectivity index (χ3v) is 7.54. The molecule has 0 unspecified atom stereocenters. The van der Waals surface area contributed by atoms with Crippen molar-refractivity contribution in [2.24, 2.45) is 0 Å². The van der Waals surface area contributed by atoms with E-state index < -0.39 is 10.0 Å². The second-order valence-electron chi connectivity index (χ2n) is 6.00. The molecule has 7 heteroatoms. The molecular formula is C14H26N2O2S3. The van der Waals surface area contributed by atoms with E-state index in [0.717, 1.165) is 10.4 Å². The van der Waals surface area contributed by atoms with Crippen LogP contribution in [-0.4, -0.2) is 32.0 Å². The minimum absolute atomic E-state index is 0.110. The van der Waals surface area contributed by atoms with Crippen molar-refractivity contribution in [3.05, 3.63) is 16.5 Å². The fraction of sp³-hybridized carbons (Fsp3) is 0.714. The predicted octanol–water partition coefficient (Wildman–Crippen LogP) is 2.97. The maximum absolute atomic E-state index is 12.4. The van der Waals surface area contributed by atoms with Crippen molar-refractivity contribution in [2.45, 2.75) is 56.2 Å². The van der Waals surface area contributed by atoms with Gasteiger partial charge in [0.15, 0.2) is 0 Å². The fourth-order valence-corrected chi connectivity index (χ4v) is 4.61. The molecule has 0 radical (unpaired) electrons. The molecule has 0 fully saturated rings. The zero-order chi connectivity index (χ0) is 16.3. The second-order valence-corrected chi connectivity index (χ2v) is 10.6. The number of rotatable bonds is 8. The largest absolute Gasteiger partial charge is 0.310 e. The van der Waals surface area contributed by atoms with Crippen LogP contribution < -0.4 is 10.0 Å². The van der Waals surface area contributed by atoms with Gasteiger partial charge < -0.3 is 5.32 Å². The summed E-state index contributed by atoms with van der Waals surface area (Å²) in [5.41, 5.74) is 1.03. The highest BCUT2D eigenvalue weighted by Crippen LogP contribution is 2.27. The first-order valence-corrected chi connectivity index (χ1v) is 10.5. The fourth-order valence-electron chi connectivity index (χ4n) is 1.51. The molecule has 21 heavy (non-hydrogen) atoms. The Morgan fingerprint density at radius 2 is 2.00 bits per heavy atom. The van der Waals surface area contributed by atoms with Crippen molar-refractivity contribution in [1.29, 1.82) is 0 Å². The van der Waals surface area contributed by atoms with E-state index in [9.17, 15) is 8.42 Å². The quantitative estimate of drug-likeness (QED) is 0.757. The number of aryl methyl sites for hydroxylation is 1. The van der Waals surface area contributed by atoms with Crippen LogP contribution in [0.2, 0.25) is 0 Å². The highest BCUT2D eigenvalue weighted by Gasteiger charge is 2.23. The monoisotopic (exact) mass is 350 g/mol. The topological polar surface area (TPSA) is 58.2 Å². The molecule has 0 aromatic carbocycles. The van der Waals surface area contributed by atoms with Crippen molar-refractivity contribution in [2.75, 3.05) is 12.8 Å². The van der Waals surface area contributed by atoms with Gasteiger partial charge in [-0.2, -0.15) is 11.8 Å². The first-order chi connectivity index (χ1) is 9.57. The van der Waals surface area contributed by atoms with Gasteiger partial charge in [0.25, 0.3) is 0 Å². The van der Waals surface area contributed by atoms with Crippen molar-refractivity contribution in [3.8, 4) is 0 Å². The van der Waals surface area contributed by atoms with Crippen LogP contribution in [-0.2, 0) is 16.6 Å². The normalized spacial score (nSPS) is 13.1. The van der Waals surface area contributed by atoms with Gasteiger partial charge in [-0.25, -0.2) is 13.1 Å². The van der Waals surface area contributed by atoms with Gasteiger partial charge in [-0.05, 0) is 38.7 Å². The van der Waals surface area contributed by atoms with Crippen LogP contribution in [0, 0.1) is 6.92 Å². The summed E-state index contributed by atoms with van der Waals surface area (Å²) in [5, 5.41) is 3.32. The van der Waals surface area contributed by atoms with Gasteiger partial charge in [0.2, 0.25) is 10.0 Å². The zero-order valence-corrected chi connectivity index (χ0v) is 16.1. The lowest BCUT2D eigenvalue weighted by atomic mass is 10.2. The maximum Gasteiger partial charge on any atom is 0.250 e. The molecule has 1 rings (SSSR count). The Kier molecular flexibility index (Phi) is 6.74. The Labute approximate surface area is 137 Å². The van der Waals surface area contributed by atoms with Crippen LogP contribution in [0.4, 0.5) is 0 Å². The Morgan fingerprint density at radius 1 is 1.38 bits per heavy atom. The van der Waals surface area contributed by atoms with Gasteiger partial charge in [0, 0.05) is 28.8 Å². The standard InChI is InChI=1S/C14H26N2O2S3/c1-10(2)15-8-12-11(3)7-13(20-12)21(17,18)16-9-14(4,5)19-6/h7,10,15-16H,8-9H2,1-6H3. The van der Waals surface area contributed by atoms with Crippen molar-refractivity contribution in [1.82, 2.24) is 10.0 Å². The molecule has 1 heterocycles. The lowest BCUT2D eigenvalue weighted by Gasteiger charge is -2.21. The highest BCUT2D eigenvalue weighted by molar-refractivity contribution is 8.00. The first kappa shape index (κ1) is 19.0. The molecule has 0 amide bonds. The van der Waals surface area contributed by atoms with Crippen molar-refractivity contribution >= 4 is 33.1 Å². The molecule has 0 saturated carbocycles. The average Bonchev–Trinajstić information content (AvgIpc) is 2.76. The number of hydrogen-bond acceptors (Lipinski definition) is 5. The Bertz CT molecular complexity index is 563. The van der Waals surface area contributed by atoms with E-state index in [-0.39, 0.29) is 4.75 Å². The predicted molar refractivity (Wildman–Crippen MR) is 93.8 cm³/mol. The highest BCUT2D eigenvalue weighted by atomic mass is 32.2. The molecule has 0 aliphatic rings. The zero-order valence-electron chi connectivity index (χ0n) is 13.6. The third-order valence-electron chi connectivity index (χ3n) is 3.17. The minimum atomic E-state index is -3.42. The minimum Gasteiger partial charge on any atom is -0.310 e. The summed E-state index contributed by atoms with van der Waals surface area (Å²) in [6.07, 6.45) is 1.99. The summed E-state index contributed by atoms with van der Waals surface area (Å²) in [4.78, 5) is 1.08. The van der Waals surface area contributed by atoms with E-state index in [1.165, 1.54) is 11.3 Å². The van der Waals surface area contributed by atoms with Crippen LogP contribution in [0.15, 0.2) is 10.3 Å². The van der Waals surface area contributed by atoms with E-state index in [1.807, 2.05) is 27.0 Å². The van der Waals surface area contributed by atoms with Crippen LogP contribution in [0.5, 0.6) is 0 Å². The molecule has 0 aliphatic carbocycles. The molecule has 0 aliphatic heterocycles. The number of hydrogen-bond donors (Lipinski definition) is 2. The van der Waals surface area contributed by atoms with Crippen LogP contribution >= 0.6 is 23.1 Å². The SMILES string of the molecule is CSC(C)(C)CNS(=O)(=O)c1cc(C)c(CNC(C)C)s1. The average molecular weight is 351 g/mol. The van der Waals surface area contributed by atoms with Gasteiger partial charge >= 0.3 is 0 Å². The third kappa shape index (κ3) is 5.90. The summed E-state index contributed by atoms with van der Waals surface area (Å²) in [6.45, 7) is 11.3.